The van der Waals surface area contributed by atoms with Gasteiger partial charge in [0.05, 0.1) is 5.52 Å². The number of aryl methyl sites for hydroxylation is 2. The van der Waals surface area contributed by atoms with Crippen LogP contribution in [0.4, 0.5) is 0 Å². The minimum absolute atomic E-state index is 1.06. The molecule has 1 aromatic carbocycles. The zero-order valence-corrected chi connectivity index (χ0v) is 10.0. The Bertz CT molecular complexity index is 432. The van der Waals surface area contributed by atoms with Gasteiger partial charge in [-0.25, -0.2) is 0 Å². The van der Waals surface area contributed by atoms with Crippen molar-refractivity contribution in [1.82, 2.24) is 4.98 Å². The molecule has 1 nitrogen and oxygen atoms in total. The molecule has 15 heavy (non-hydrogen) atoms. The Kier molecular flexibility index (Phi) is 4.29. The summed E-state index contributed by atoms with van der Waals surface area (Å²) in [4.78, 5) is 4.55. The molecular formula is C14H19N. The number of para-hydroxylation sites is 1. The van der Waals surface area contributed by atoms with Crippen LogP contribution in [0.15, 0.2) is 30.3 Å². The zero-order chi connectivity index (χ0) is 11.3. The lowest BCUT2D eigenvalue weighted by atomic mass is 10.1. The van der Waals surface area contributed by atoms with Crippen LogP contribution in [0.5, 0.6) is 0 Å². The second-order valence-electron chi connectivity index (χ2n) is 3.28. The molecule has 0 aliphatic carbocycles. The lowest BCUT2D eigenvalue weighted by Crippen LogP contribution is -1.91. The number of hydrogen-bond acceptors (Lipinski definition) is 1. The van der Waals surface area contributed by atoms with Crippen LogP contribution < -0.4 is 0 Å². The first kappa shape index (κ1) is 11.7. The van der Waals surface area contributed by atoms with Crippen LogP contribution in [-0.4, -0.2) is 4.98 Å². The number of nitrogens with zero attached hydrogens (tertiary/aromatic N) is 1. The summed E-state index contributed by atoms with van der Waals surface area (Å²) >= 11 is 0. The van der Waals surface area contributed by atoms with E-state index in [1.165, 1.54) is 10.9 Å². The number of benzene rings is 1. The predicted molar refractivity (Wildman–Crippen MR) is 67.2 cm³/mol. The van der Waals surface area contributed by atoms with Crippen LogP contribution in [-0.2, 0) is 6.42 Å². The number of fused-ring (bicyclic) bond motifs is 1. The Morgan fingerprint density at radius 2 is 1.80 bits per heavy atom. The minimum Gasteiger partial charge on any atom is -0.253 e. The third kappa shape index (κ3) is 2.56. The van der Waals surface area contributed by atoms with Gasteiger partial charge in [-0.1, -0.05) is 39.0 Å². The molecule has 0 radical (unpaired) electrons. The van der Waals surface area contributed by atoms with Crippen LogP contribution in [0.1, 0.15) is 32.0 Å². The van der Waals surface area contributed by atoms with Gasteiger partial charge >= 0.3 is 0 Å². The molecule has 1 aromatic heterocycles. The fourth-order valence-corrected chi connectivity index (χ4v) is 1.61. The summed E-state index contributed by atoms with van der Waals surface area (Å²) in [5.74, 6) is 0. The third-order valence-corrected chi connectivity index (χ3v) is 2.40. The Hall–Kier alpha value is -1.37. The van der Waals surface area contributed by atoms with Gasteiger partial charge in [0.25, 0.3) is 0 Å². The molecule has 0 aliphatic rings. The van der Waals surface area contributed by atoms with E-state index >= 15 is 0 Å². The smallest absolute Gasteiger partial charge is 0.0705 e. The maximum Gasteiger partial charge on any atom is 0.0705 e. The van der Waals surface area contributed by atoms with E-state index in [9.17, 15) is 0 Å². The standard InChI is InChI=1S/C12H13N.C2H6/c1-3-10-8-11-6-4-5-7-12(11)13-9(10)2;1-2/h4-8H,3H2,1-2H3;1-2H3. The maximum absolute atomic E-state index is 4.55. The molecule has 0 aliphatic heterocycles. The number of pyridine rings is 1. The number of hydrogen-bond donors (Lipinski definition) is 0. The highest BCUT2D eigenvalue weighted by atomic mass is 14.7. The van der Waals surface area contributed by atoms with E-state index in [1.807, 2.05) is 19.9 Å². The molecule has 80 valence electrons. The first-order valence-corrected chi connectivity index (χ1v) is 5.66. The molecular weight excluding hydrogens is 182 g/mol. The fourth-order valence-electron chi connectivity index (χ4n) is 1.61. The molecule has 0 fully saturated rings. The van der Waals surface area contributed by atoms with Crippen molar-refractivity contribution in [1.29, 1.82) is 0 Å². The highest BCUT2D eigenvalue weighted by Gasteiger charge is 1.99. The van der Waals surface area contributed by atoms with E-state index in [-0.39, 0.29) is 0 Å². The average Bonchev–Trinajstić information content (AvgIpc) is 2.31. The van der Waals surface area contributed by atoms with Crippen molar-refractivity contribution in [2.45, 2.75) is 34.1 Å². The summed E-state index contributed by atoms with van der Waals surface area (Å²) in [5.41, 5.74) is 3.59. The van der Waals surface area contributed by atoms with E-state index in [0.717, 1.165) is 17.6 Å². The Morgan fingerprint density at radius 1 is 1.13 bits per heavy atom. The Balaban J connectivity index is 0.000000531. The molecule has 0 atom stereocenters. The molecule has 0 saturated carbocycles. The van der Waals surface area contributed by atoms with Crippen LogP contribution in [0.25, 0.3) is 10.9 Å². The van der Waals surface area contributed by atoms with Gasteiger partial charge in [0.15, 0.2) is 0 Å². The van der Waals surface area contributed by atoms with Gasteiger partial charge in [-0.15, -0.1) is 0 Å². The average molecular weight is 201 g/mol. The van der Waals surface area contributed by atoms with Crippen molar-refractivity contribution in [3.63, 3.8) is 0 Å². The Morgan fingerprint density at radius 3 is 2.47 bits per heavy atom. The van der Waals surface area contributed by atoms with Crippen molar-refractivity contribution in [2.24, 2.45) is 0 Å². The van der Waals surface area contributed by atoms with Gasteiger partial charge in [-0.05, 0) is 31.0 Å². The van der Waals surface area contributed by atoms with Crippen molar-refractivity contribution in [2.75, 3.05) is 0 Å². The van der Waals surface area contributed by atoms with E-state index in [1.54, 1.807) is 0 Å². The highest BCUT2D eigenvalue weighted by Crippen LogP contribution is 2.16. The largest absolute Gasteiger partial charge is 0.253 e. The lowest BCUT2D eigenvalue weighted by molar-refractivity contribution is 1.07. The summed E-state index contributed by atoms with van der Waals surface area (Å²) < 4.78 is 0. The lowest BCUT2D eigenvalue weighted by Gasteiger charge is -2.04. The quantitative estimate of drug-likeness (QED) is 0.676. The molecule has 2 rings (SSSR count). The van der Waals surface area contributed by atoms with Gasteiger partial charge < -0.3 is 0 Å². The maximum atomic E-state index is 4.55. The Labute approximate surface area is 92.2 Å². The summed E-state index contributed by atoms with van der Waals surface area (Å²) in [6.07, 6.45) is 1.06. The fraction of sp³-hybridized carbons (Fsp3) is 0.357. The summed E-state index contributed by atoms with van der Waals surface area (Å²) in [6, 6.07) is 10.5. The minimum atomic E-state index is 1.06. The topological polar surface area (TPSA) is 12.9 Å². The number of rotatable bonds is 1. The van der Waals surface area contributed by atoms with Gasteiger partial charge in [-0.2, -0.15) is 0 Å². The first-order chi connectivity index (χ1) is 7.31. The van der Waals surface area contributed by atoms with Crippen molar-refractivity contribution < 1.29 is 0 Å². The van der Waals surface area contributed by atoms with Gasteiger partial charge in [0.1, 0.15) is 0 Å². The van der Waals surface area contributed by atoms with E-state index in [2.05, 4.69) is 43.1 Å². The van der Waals surface area contributed by atoms with Crippen molar-refractivity contribution >= 4 is 10.9 Å². The molecule has 2 aromatic rings. The molecule has 0 amide bonds. The molecule has 1 heterocycles. The van der Waals surface area contributed by atoms with Gasteiger partial charge in [0.2, 0.25) is 0 Å². The van der Waals surface area contributed by atoms with Crippen LogP contribution in [0.3, 0.4) is 0 Å². The molecule has 0 bridgehead atoms. The molecule has 0 unspecified atom stereocenters. The van der Waals surface area contributed by atoms with Gasteiger partial charge in [-0.3, -0.25) is 4.98 Å². The second-order valence-corrected chi connectivity index (χ2v) is 3.28. The number of aromatic nitrogens is 1. The normalized spacial score (nSPS) is 9.60. The third-order valence-electron chi connectivity index (χ3n) is 2.40. The van der Waals surface area contributed by atoms with Gasteiger partial charge in [0, 0.05) is 11.1 Å². The predicted octanol–water partition coefficient (Wildman–Crippen LogP) is 4.13. The highest BCUT2D eigenvalue weighted by molar-refractivity contribution is 5.79. The van der Waals surface area contributed by atoms with Crippen LogP contribution in [0.2, 0.25) is 0 Å². The van der Waals surface area contributed by atoms with Crippen molar-refractivity contribution in [3.05, 3.63) is 41.6 Å². The summed E-state index contributed by atoms with van der Waals surface area (Å²) in [5, 5.41) is 1.24. The van der Waals surface area contributed by atoms with E-state index in [4.69, 9.17) is 0 Å². The molecule has 0 saturated heterocycles. The zero-order valence-electron chi connectivity index (χ0n) is 10.0. The second kappa shape index (κ2) is 5.50. The van der Waals surface area contributed by atoms with E-state index < -0.39 is 0 Å². The van der Waals surface area contributed by atoms with Crippen LogP contribution in [0, 0.1) is 6.92 Å². The summed E-state index contributed by atoms with van der Waals surface area (Å²) in [7, 11) is 0. The van der Waals surface area contributed by atoms with Crippen molar-refractivity contribution in [3.8, 4) is 0 Å². The van der Waals surface area contributed by atoms with Crippen LogP contribution >= 0.6 is 0 Å². The summed E-state index contributed by atoms with van der Waals surface area (Å²) in [6.45, 7) is 8.24. The monoisotopic (exact) mass is 201 g/mol. The molecule has 1 heteroatoms. The SMILES string of the molecule is CC.CCc1cc2ccccc2nc1C. The van der Waals surface area contributed by atoms with E-state index in [0.29, 0.717) is 0 Å². The first-order valence-electron chi connectivity index (χ1n) is 5.66. The molecule has 0 spiro atoms. The molecule has 0 N–H and O–H groups in total.